The molecule has 96 valence electrons. The first-order chi connectivity index (χ1) is 8.01. The van der Waals surface area contributed by atoms with E-state index in [-0.39, 0.29) is 11.6 Å². The molecule has 17 heavy (non-hydrogen) atoms. The Labute approximate surface area is 112 Å². The molecule has 0 aliphatic carbocycles. The van der Waals surface area contributed by atoms with Crippen molar-refractivity contribution in [1.29, 1.82) is 0 Å². The third-order valence-corrected chi connectivity index (χ3v) is 4.80. The quantitative estimate of drug-likeness (QED) is 0.920. The standard InChI is InChI=1S/C12H19ClN2OS/c1-12(2,15-5-7-16-8-6-15)11(14)9-3-4-10(13)17-9/h3-4,11H,5-8,14H2,1-2H3. The van der Waals surface area contributed by atoms with Gasteiger partial charge in [0.15, 0.2) is 0 Å². The van der Waals surface area contributed by atoms with Gasteiger partial charge in [-0.1, -0.05) is 11.6 Å². The fourth-order valence-electron chi connectivity index (χ4n) is 2.18. The molecule has 0 saturated carbocycles. The van der Waals surface area contributed by atoms with Crippen molar-refractivity contribution in [2.45, 2.75) is 25.4 Å². The van der Waals surface area contributed by atoms with E-state index in [1.54, 1.807) is 11.3 Å². The summed E-state index contributed by atoms with van der Waals surface area (Å²) in [7, 11) is 0. The lowest BCUT2D eigenvalue weighted by molar-refractivity contribution is -0.0186. The number of morpholine rings is 1. The van der Waals surface area contributed by atoms with Gasteiger partial charge in [-0.2, -0.15) is 0 Å². The van der Waals surface area contributed by atoms with Crippen molar-refractivity contribution in [2.24, 2.45) is 5.73 Å². The van der Waals surface area contributed by atoms with Gasteiger partial charge in [0, 0.05) is 23.5 Å². The number of nitrogens with two attached hydrogens (primary N) is 1. The Morgan fingerprint density at radius 2 is 2.06 bits per heavy atom. The maximum absolute atomic E-state index is 6.39. The van der Waals surface area contributed by atoms with E-state index in [2.05, 4.69) is 18.7 Å². The van der Waals surface area contributed by atoms with Crippen LogP contribution in [-0.2, 0) is 4.74 Å². The normalized spacial score (nSPS) is 20.5. The summed E-state index contributed by atoms with van der Waals surface area (Å²) in [6.07, 6.45) is 0. The van der Waals surface area contributed by atoms with Crippen molar-refractivity contribution < 1.29 is 4.74 Å². The topological polar surface area (TPSA) is 38.5 Å². The smallest absolute Gasteiger partial charge is 0.0931 e. The summed E-state index contributed by atoms with van der Waals surface area (Å²) >= 11 is 7.54. The number of rotatable bonds is 3. The van der Waals surface area contributed by atoms with E-state index < -0.39 is 0 Å². The zero-order valence-corrected chi connectivity index (χ0v) is 11.9. The van der Waals surface area contributed by atoms with Crippen LogP contribution >= 0.6 is 22.9 Å². The Balaban J connectivity index is 2.13. The number of nitrogens with zero attached hydrogens (tertiary/aromatic N) is 1. The molecule has 5 heteroatoms. The van der Waals surface area contributed by atoms with E-state index in [9.17, 15) is 0 Å². The van der Waals surface area contributed by atoms with Crippen LogP contribution in [0.1, 0.15) is 24.8 Å². The number of hydrogen-bond donors (Lipinski definition) is 1. The van der Waals surface area contributed by atoms with E-state index in [1.165, 1.54) is 0 Å². The van der Waals surface area contributed by atoms with E-state index in [0.717, 1.165) is 35.5 Å². The largest absolute Gasteiger partial charge is 0.379 e. The van der Waals surface area contributed by atoms with Crippen LogP contribution in [-0.4, -0.2) is 36.7 Å². The molecular formula is C12H19ClN2OS. The molecule has 0 spiro atoms. The van der Waals surface area contributed by atoms with Crippen molar-refractivity contribution in [3.8, 4) is 0 Å². The molecule has 1 aliphatic rings. The third kappa shape index (κ3) is 2.83. The molecule has 1 unspecified atom stereocenters. The van der Waals surface area contributed by atoms with Gasteiger partial charge < -0.3 is 10.5 Å². The molecule has 2 rings (SSSR count). The molecule has 1 saturated heterocycles. The summed E-state index contributed by atoms with van der Waals surface area (Å²) in [5, 5.41) is 0. The second-order valence-corrected chi connectivity index (χ2v) is 6.62. The SMILES string of the molecule is CC(C)(C(N)c1ccc(Cl)s1)N1CCOCC1. The van der Waals surface area contributed by atoms with Crippen LogP contribution in [0.25, 0.3) is 0 Å². The van der Waals surface area contributed by atoms with Gasteiger partial charge in [-0.05, 0) is 26.0 Å². The van der Waals surface area contributed by atoms with Gasteiger partial charge in [-0.25, -0.2) is 0 Å². The summed E-state index contributed by atoms with van der Waals surface area (Å²) in [4.78, 5) is 3.54. The average molecular weight is 275 g/mol. The lowest BCUT2D eigenvalue weighted by Gasteiger charge is -2.44. The Morgan fingerprint density at radius 1 is 1.41 bits per heavy atom. The van der Waals surface area contributed by atoms with Gasteiger partial charge in [-0.15, -0.1) is 11.3 Å². The maximum Gasteiger partial charge on any atom is 0.0931 e. The van der Waals surface area contributed by atoms with Gasteiger partial charge in [0.25, 0.3) is 0 Å². The summed E-state index contributed by atoms with van der Waals surface area (Å²) < 4.78 is 6.18. The monoisotopic (exact) mass is 274 g/mol. The van der Waals surface area contributed by atoms with E-state index >= 15 is 0 Å². The fourth-order valence-corrected chi connectivity index (χ4v) is 3.42. The molecule has 2 heterocycles. The highest BCUT2D eigenvalue weighted by atomic mass is 35.5. The molecule has 1 aliphatic heterocycles. The van der Waals surface area contributed by atoms with E-state index in [1.807, 2.05) is 12.1 Å². The van der Waals surface area contributed by atoms with Crippen LogP contribution in [0.4, 0.5) is 0 Å². The molecule has 1 aromatic heterocycles. The van der Waals surface area contributed by atoms with Crippen LogP contribution in [0.5, 0.6) is 0 Å². The van der Waals surface area contributed by atoms with Crippen molar-refractivity contribution in [3.05, 3.63) is 21.3 Å². The van der Waals surface area contributed by atoms with Crippen molar-refractivity contribution >= 4 is 22.9 Å². The van der Waals surface area contributed by atoms with Crippen LogP contribution < -0.4 is 5.73 Å². The minimum atomic E-state index is -0.0715. The molecule has 1 atom stereocenters. The minimum Gasteiger partial charge on any atom is -0.379 e. The lowest BCUT2D eigenvalue weighted by atomic mass is 9.91. The third-order valence-electron chi connectivity index (χ3n) is 3.49. The number of hydrogen-bond acceptors (Lipinski definition) is 4. The Hall–Kier alpha value is -0.130. The van der Waals surface area contributed by atoms with Gasteiger partial charge in [0.2, 0.25) is 0 Å². The molecular weight excluding hydrogens is 256 g/mol. The Kier molecular flexibility index (Phi) is 4.10. The maximum atomic E-state index is 6.39. The molecule has 0 aromatic carbocycles. The Bertz CT molecular complexity index is 374. The van der Waals surface area contributed by atoms with Crippen molar-refractivity contribution in [2.75, 3.05) is 26.3 Å². The predicted octanol–water partition coefficient (Wildman–Crippen LogP) is 2.51. The van der Waals surface area contributed by atoms with E-state index in [4.69, 9.17) is 22.1 Å². The highest BCUT2D eigenvalue weighted by Gasteiger charge is 2.35. The fraction of sp³-hybridized carbons (Fsp3) is 0.667. The second-order valence-electron chi connectivity index (χ2n) is 4.87. The second kappa shape index (κ2) is 5.24. The number of halogens is 1. The zero-order chi connectivity index (χ0) is 12.5. The van der Waals surface area contributed by atoms with Crippen molar-refractivity contribution in [3.63, 3.8) is 0 Å². The van der Waals surface area contributed by atoms with Crippen LogP contribution in [0.3, 0.4) is 0 Å². The Morgan fingerprint density at radius 3 is 2.59 bits per heavy atom. The van der Waals surface area contributed by atoms with E-state index in [0.29, 0.717) is 0 Å². The van der Waals surface area contributed by atoms with Crippen molar-refractivity contribution in [1.82, 2.24) is 4.90 Å². The average Bonchev–Trinajstić information content (AvgIpc) is 2.76. The van der Waals surface area contributed by atoms with Gasteiger partial charge in [0.05, 0.1) is 23.6 Å². The van der Waals surface area contributed by atoms with Crippen LogP contribution in [0.15, 0.2) is 12.1 Å². The zero-order valence-electron chi connectivity index (χ0n) is 10.3. The number of thiophene rings is 1. The summed E-state index contributed by atoms with van der Waals surface area (Å²) in [6, 6.07) is 3.93. The number of ether oxygens (including phenoxy) is 1. The highest BCUT2D eigenvalue weighted by Crippen LogP contribution is 2.34. The first-order valence-electron chi connectivity index (χ1n) is 5.85. The molecule has 2 N–H and O–H groups in total. The molecule has 1 fully saturated rings. The molecule has 0 radical (unpaired) electrons. The van der Waals surface area contributed by atoms with Gasteiger partial charge in [-0.3, -0.25) is 4.90 Å². The molecule has 0 amide bonds. The van der Waals surface area contributed by atoms with Gasteiger partial charge in [0.1, 0.15) is 0 Å². The minimum absolute atomic E-state index is 0.0156. The predicted molar refractivity (Wildman–Crippen MR) is 72.7 cm³/mol. The summed E-state index contributed by atoms with van der Waals surface area (Å²) in [6.45, 7) is 7.86. The first-order valence-corrected chi connectivity index (χ1v) is 7.05. The van der Waals surface area contributed by atoms with Crippen LogP contribution in [0.2, 0.25) is 4.34 Å². The molecule has 1 aromatic rings. The molecule has 0 bridgehead atoms. The lowest BCUT2D eigenvalue weighted by Crippen LogP contribution is -2.55. The highest BCUT2D eigenvalue weighted by molar-refractivity contribution is 7.16. The summed E-state index contributed by atoms with van der Waals surface area (Å²) in [5.74, 6) is 0. The van der Waals surface area contributed by atoms with Gasteiger partial charge >= 0.3 is 0 Å². The van der Waals surface area contributed by atoms with Crippen LogP contribution in [0, 0.1) is 0 Å². The summed E-state index contributed by atoms with van der Waals surface area (Å²) in [5.41, 5.74) is 6.31. The first kappa shape index (κ1) is 13.3. The molecule has 3 nitrogen and oxygen atoms in total.